The summed E-state index contributed by atoms with van der Waals surface area (Å²) >= 11 is 5.55. The normalized spacial score (nSPS) is 24.1. The molecule has 1 fully saturated rings. The van der Waals surface area contributed by atoms with Crippen LogP contribution in [-0.2, 0) is 4.79 Å². The van der Waals surface area contributed by atoms with Crippen molar-refractivity contribution in [2.24, 2.45) is 11.8 Å². The molecule has 0 unspecified atom stereocenters. The lowest BCUT2D eigenvalue weighted by Gasteiger charge is -2.26. The Kier molecular flexibility index (Phi) is 8.75. The summed E-state index contributed by atoms with van der Waals surface area (Å²) in [7, 11) is 0. The average molecular weight is 273 g/mol. The maximum absolute atomic E-state index is 11.1. The molecule has 0 aliphatic heterocycles. The largest absolute Gasteiger partial charge is 0.281 e. The van der Waals surface area contributed by atoms with E-state index in [4.69, 9.17) is 11.6 Å². The summed E-state index contributed by atoms with van der Waals surface area (Å²) in [5, 5.41) is -0.107. The van der Waals surface area contributed by atoms with Crippen LogP contribution in [0.25, 0.3) is 0 Å². The van der Waals surface area contributed by atoms with E-state index in [1.54, 1.807) is 0 Å². The summed E-state index contributed by atoms with van der Waals surface area (Å²) in [6.07, 6.45) is 15.6. The minimum Gasteiger partial charge on any atom is -0.281 e. The number of carbonyl (C=O) groups excluding carboxylic acids is 1. The second-order valence-electron chi connectivity index (χ2n) is 5.93. The summed E-state index contributed by atoms with van der Waals surface area (Å²) in [4.78, 5) is 11.1. The highest BCUT2D eigenvalue weighted by molar-refractivity contribution is 6.63. The minimum absolute atomic E-state index is 0.107. The number of halogens is 1. The Bertz CT molecular complexity index is 219. The van der Waals surface area contributed by atoms with Gasteiger partial charge in [0.15, 0.2) is 0 Å². The molecule has 0 aromatic carbocycles. The van der Waals surface area contributed by atoms with Crippen molar-refractivity contribution in [3.05, 3.63) is 0 Å². The van der Waals surface area contributed by atoms with Gasteiger partial charge in [-0.1, -0.05) is 58.3 Å². The van der Waals surface area contributed by atoms with Crippen molar-refractivity contribution < 1.29 is 4.79 Å². The molecule has 18 heavy (non-hydrogen) atoms. The van der Waals surface area contributed by atoms with E-state index in [-0.39, 0.29) is 11.2 Å². The highest BCUT2D eigenvalue weighted by atomic mass is 35.5. The smallest absolute Gasteiger partial charge is 0.224 e. The maximum Gasteiger partial charge on any atom is 0.224 e. The molecule has 1 saturated carbocycles. The SMILES string of the molecule is CCCCCCCCCC1CCC(C(=O)Cl)CC1. The van der Waals surface area contributed by atoms with Crippen LogP contribution in [0.15, 0.2) is 0 Å². The Labute approximate surface area is 118 Å². The lowest BCUT2D eigenvalue weighted by atomic mass is 9.80. The Morgan fingerprint density at radius 3 is 2.06 bits per heavy atom. The molecular weight excluding hydrogens is 244 g/mol. The van der Waals surface area contributed by atoms with Crippen LogP contribution in [0.1, 0.15) is 84.0 Å². The quantitative estimate of drug-likeness (QED) is 0.389. The first kappa shape index (κ1) is 16.0. The minimum atomic E-state index is -0.107. The lowest BCUT2D eigenvalue weighted by Crippen LogP contribution is -2.18. The second kappa shape index (κ2) is 9.83. The predicted octanol–water partition coefficient (Wildman–Crippen LogP) is 5.70. The standard InChI is InChI=1S/C16H29ClO/c1-2-3-4-5-6-7-8-9-14-10-12-15(13-11-14)16(17)18/h14-15H,2-13H2,1H3. The van der Waals surface area contributed by atoms with Gasteiger partial charge in [-0.25, -0.2) is 0 Å². The van der Waals surface area contributed by atoms with Gasteiger partial charge in [-0.05, 0) is 43.2 Å². The zero-order valence-electron chi connectivity index (χ0n) is 11.9. The molecule has 1 aliphatic rings. The van der Waals surface area contributed by atoms with Crippen LogP contribution >= 0.6 is 11.6 Å². The Morgan fingerprint density at radius 2 is 1.50 bits per heavy atom. The van der Waals surface area contributed by atoms with Gasteiger partial charge in [0.25, 0.3) is 0 Å². The highest BCUT2D eigenvalue weighted by Crippen LogP contribution is 2.33. The molecule has 0 atom stereocenters. The van der Waals surface area contributed by atoms with Crippen molar-refractivity contribution in [3.63, 3.8) is 0 Å². The number of carbonyl (C=O) groups is 1. The van der Waals surface area contributed by atoms with Gasteiger partial charge in [0.2, 0.25) is 5.24 Å². The molecule has 0 radical (unpaired) electrons. The fourth-order valence-corrected chi connectivity index (χ4v) is 3.29. The maximum atomic E-state index is 11.1. The van der Waals surface area contributed by atoms with Gasteiger partial charge < -0.3 is 0 Å². The number of rotatable bonds is 9. The first-order valence-corrected chi connectivity index (χ1v) is 8.31. The van der Waals surface area contributed by atoms with E-state index in [1.807, 2.05) is 0 Å². The van der Waals surface area contributed by atoms with E-state index < -0.39 is 0 Å². The van der Waals surface area contributed by atoms with Gasteiger partial charge in [0.1, 0.15) is 0 Å². The predicted molar refractivity (Wildman–Crippen MR) is 78.9 cm³/mol. The van der Waals surface area contributed by atoms with E-state index in [9.17, 15) is 4.79 Å². The van der Waals surface area contributed by atoms with Gasteiger partial charge >= 0.3 is 0 Å². The summed E-state index contributed by atoms with van der Waals surface area (Å²) in [5.41, 5.74) is 0. The average Bonchev–Trinajstić information content (AvgIpc) is 2.38. The zero-order valence-corrected chi connectivity index (χ0v) is 12.7. The van der Waals surface area contributed by atoms with Crippen LogP contribution in [0.3, 0.4) is 0 Å². The van der Waals surface area contributed by atoms with Gasteiger partial charge in [-0.15, -0.1) is 0 Å². The van der Waals surface area contributed by atoms with Crippen molar-refractivity contribution in [1.29, 1.82) is 0 Å². The van der Waals surface area contributed by atoms with E-state index in [0.29, 0.717) is 0 Å². The van der Waals surface area contributed by atoms with Crippen molar-refractivity contribution in [2.45, 2.75) is 84.0 Å². The first-order chi connectivity index (χ1) is 8.74. The Balaban J connectivity index is 1.93. The second-order valence-corrected chi connectivity index (χ2v) is 6.30. The van der Waals surface area contributed by atoms with E-state index in [0.717, 1.165) is 18.8 Å². The topological polar surface area (TPSA) is 17.1 Å². The van der Waals surface area contributed by atoms with Crippen molar-refractivity contribution in [3.8, 4) is 0 Å². The van der Waals surface area contributed by atoms with Crippen molar-refractivity contribution in [2.75, 3.05) is 0 Å². The number of unbranched alkanes of at least 4 members (excludes halogenated alkanes) is 6. The third-order valence-electron chi connectivity index (χ3n) is 4.38. The third kappa shape index (κ3) is 6.78. The number of hydrogen-bond donors (Lipinski definition) is 0. The molecule has 1 rings (SSSR count). The molecule has 106 valence electrons. The molecule has 0 N–H and O–H groups in total. The van der Waals surface area contributed by atoms with Gasteiger partial charge in [-0.3, -0.25) is 4.79 Å². The third-order valence-corrected chi connectivity index (χ3v) is 4.69. The summed E-state index contributed by atoms with van der Waals surface area (Å²) < 4.78 is 0. The Morgan fingerprint density at radius 1 is 0.944 bits per heavy atom. The van der Waals surface area contributed by atoms with Gasteiger partial charge in [0, 0.05) is 5.92 Å². The van der Waals surface area contributed by atoms with Crippen LogP contribution in [0.4, 0.5) is 0 Å². The molecule has 1 nitrogen and oxygen atoms in total. The fourth-order valence-electron chi connectivity index (χ4n) is 3.07. The van der Waals surface area contributed by atoms with Crippen LogP contribution in [0, 0.1) is 11.8 Å². The Hall–Kier alpha value is -0.0400. The van der Waals surface area contributed by atoms with Crippen LogP contribution in [0.2, 0.25) is 0 Å². The number of hydrogen-bond acceptors (Lipinski definition) is 1. The van der Waals surface area contributed by atoms with Gasteiger partial charge in [0.05, 0.1) is 0 Å². The van der Waals surface area contributed by atoms with E-state index in [2.05, 4.69) is 6.92 Å². The molecule has 1 aliphatic carbocycles. The zero-order chi connectivity index (χ0) is 13.2. The monoisotopic (exact) mass is 272 g/mol. The summed E-state index contributed by atoms with van der Waals surface area (Å²) in [6, 6.07) is 0. The molecule has 0 saturated heterocycles. The summed E-state index contributed by atoms with van der Waals surface area (Å²) in [6.45, 7) is 2.27. The summed E-state index contributed by atoms with van der Waals surface area (Å²) in [5.74, 6) is 1.03. The van der Waals surface area contributed by atoms with Crippen molar-refractivity contribution in [1.82, 2.24) is 0 Å². The lowest BCUT2D eigenvalue weighted by molar-refractivity contribution is -0.116. The fraction of sp³-hybridized carbons (Fsp3) is 0.938. The first-order valence-electron chi connectivity index (χ1n) is 7.93. The van der Waals surface area contributed by atoms with Crippen LogP contribution in [-0.4, -0.2) is 5.24 Å². The van der Waals surface area contributed by atoms with Crippen LogP contribution in [0.5, 0.6) is 0 Å². The molecular formula is C16H29ClO. The highest BCUT2D eigenvalue weighted by Gasteiger charge is 2.24. The molecule has 0 aromatic heterocycles. The van der Waals surface area contributed by atoms with Crippen molar-refractivity contribution >= 4 is 16.8 Å². The van der Waals surface area contributed by atoms with E-state index >= 15 is 0 Å². The molecule has 2 heteroatoms. The molecule has 0 aromatic rings. The molecule has 0 spiro atoms. The molecule has 0 amide bonds. The molecule has 0 heterocycles. The van der Waals surface area contributed by atoms with Gasteiger partial charge in [-0.2, -0.15) is 0 Å². The van der Waals surface area contributed by atoms with E-state index in [1.165, 1.54) is 64.2 Å². The molecule has 0 bridgehead atoms. The van der Waals surface area contributed by atoms with Crippen LogP contribution < -0.4 is 0 Å².